The van der Waals surface area contributed by atoms with Gasteiger partial charge in [-0.3, -0.25) is 4.79 Å². The van der Waals surface area contributed by atoms with Crippen molar-refractivity contribution in [2.75, 3.05) is 24.5 Å². The van der Waals surface area contributed by atoms with E-state index in [4.69, 9.17) is 4.52 Å². The number of aryl methyl sites for hydroxylation is 1. The fraction of sp³-hybridized carbons (Fsp3) is 0.357. The molecule has 39 heavy (non-hydrogen) atoms. The maximum absolute atomic E-state index is 14.0. The summed E-state index contributed by atoms with van der Waals surface area (Å²) in [6.07, 6.45) is 4.31. The standard InChI is InChI=1S/C28H29F2N3O4S2/c1-18-11-16-33(24-5-3-4-6-26(24)38-18)28(34)21-12-14-32(15-13-21)39(35,36)27-19(2)31-37-25(27)10-8-20-7-9-22(29)17-23(20)30/h3-10,17-18,21H,11-16H2,1-2H3/b10-8+/t18-/m0/s1. The first-order chi connectivity index (χ1) is 18.6. The molecule has 0 unspecified atom stereocenters. The first-order valence-electron chi connectivity index (χ1n) is 12.8. The third-order valence-electron chi connectivity index (χ3n) is 7.12. The summed E-state index contributed by atoms with van der Waals surface area (Å²) < 4.78 is 61.1. The normalized spacial score (nSPS) is 19.3. The second-order valence-corrected chi connectivity index (χ2v) is 13.2. The zero-order valence-corrected chi connectivity index (χ0v) is 23.3. The van der Waals surface area contributed by atoms with Crippen LogP contribution in [0.3, 0.4) is 0 Å². The van der Waals surface area contributed by atoms with Gasteiger partial charge in [0.05, 0.1) is 5.69 Å². The van der Waals surface area contributed by atoms with E-state index in [-0.39, 0.29) is 46.8 Å². The molecule has 3 aromatic rings. The minimum absolute atomic E-state index is 0.0281. The maximum atomic E-state index is 14.0. The number of carbonyl (C=O) groups excluding carboxylic acids is 1. The van der Waals surface area contributed by atoms with Gasteiger partial charge < -0.3 is 9.42 Å². The van der Waals surface area contributed by atoms with E-state index in [9.17, 15) is 22.0 Å². The van der Waals surface area contributed by atoms with Gasteiger partial charge in [-0.25, -0.2) is 17.2 Å². The van der Waals surface area contributed by atoms with Gasteiger partial charge in [0.25, 0.3) is 0 Å². The van der Waals surface area contributed by atoms with Crippen LogP contribution in [0, 0.1) is 24.5 Å². The molecule has 0 radical (unpaired) electrons. The number of sulfonamides is 1. The summed E-state index contributed by atoms with van der Waals surface area (Å²) >= 11 is 1.77. The molecule has 1 fully saturated rings. The highest BCUT2D eigenvalue weighted by Gasteiger charge is 2.38. The number of aromatic nitrogens is 1. The number of halogens is 2. The lowest BCUT2D eigenvalue weighted by molar-refractivity contribution is -0.123. The SMILES string of the molecule is Cc1noc(/C=C/c2ccc(F)cc2F)c1S(=O)(=O)N1CCC(C(=O)N2CC[C@H](C)Sc3ccccc32)CC1. The molecule has 2 aliphatic rings. The molecule has 7 nitrogen and oxygen atoms in total. The Morgan fingerprint density at radius 3 is 2.56 bits per heavy atom. The van der Waals surface area contributed by atoms with Crippen LogP contribution in [0.5, 0.6) is 0 Å². The lowest BCUT2D eigenvalue weighted by atomic mass is 9.96. The Labute approximate surface area is 230 Å². The number of fused-ring (bicyclic) bond motifs is 1. The fourth-order valence-corrected chi connectivity index (χ4v) is 7.84. The predicted molar refractivity (Wildman–Crippen MR) is 147 cm³/mol. The molecule has 1 saturated heterocycles. The highest BCUT2D eigenvalue weighted by molar-refractivity contribution is 8.00. The summed E-state index contributed by atoms with van der Waals surface area (Å²) in [6, 6.07) is 11.0. The Morgan fingerprint density at radius 2 is 1.82 bits per heavy atom. The van der Waals surface area contributed by atoms with Crippen LogP contribution >= 0.6 is 11.8 Å². The Morgan fingerprint density at radius 1 is 1.08 bits per heavy atom. The second-order valence-electron chi connectivity index (χ2n) is 9.81. The van der Waals surface area contributed by atoms with Crippen molar-refractivity contribution in [2.45, 2.75) is 48.2 Å². The number of hydrogen-bond acceptors (Lipinski definition) is 6. The average Bonchev–Trinajstić information content (AvgIpc) is 3.20. The van der Waals surface area contributed by atoms with E-state index in [1.165, 1.54) is 29.4 Å². The highest BCUT2D eigenvalue weighted by Crippen LogP contribution is 2.39. The average molecular weight is 574 g/mol. The van der Waals surface area contributed by atoms with Gasteiger partial charge in [-0.2, -0.15) is 4.31 Å². The van der Waals surface area contributed by atoms with Crippen molar-refractivity contribution in [3.05, 3.63) is 71.1 Å². The van der Waals surface area contributed by atoms with Gasteiger partial charge in [0, 0.05) is 47.3 Å². The number of hydrogen-bond donors (Lipinski definition) is 0. The molecule has 11 heteroatoms. The summed E-state index contributed by atoms with van der Waals surface area (Å²) in [6.45, 7) is 4.68. The van der Waals surface area contributed by atoms with Gasteiger partial charge in [-0.05, 0) is 62.6 Å². The van der Waals surface area contributed by atoms with Crippen LogP contribution in [0.2, 0.25) is 0 Å². The number of anilines is 1. The number of piperidine rings is 1. The maximum Gasteiger partial charge on any atom is 0.248 e. The molecule has 0 aliphatic carbocycles. The zero-order valence-electron chi connectivity index (χ0n) is 21.6. The molecule has 206 valence electrons. The molecule has 1 amide bonds. The Hall–Kier alpha value is -3.02. The van der Waals surface area contributed by atoms with Gasteiger partial charge in [0.2, 0.25) is 15.9 Å². The lowest BCUT2D eigenvalue weighted by Crippen LogP contribution is -2.45. The number of benzene rings is 2. The molecule has 0 N–H and O–H groups in total. The highest BCUT2D eigenvalue weighted by atomic mass is 32.2. The van der Waals surface area contributed by atoms with Crippen LogP contribution in [0.4, 0.5) is 14.5 Å². The lowest BCUT2D eigenvalue weighted by Gasteiger charge is -2.33. The minimum atomic E-state index is -3.99. The van der Waals surface area contributed by atoms with Crippen molar-refractivity contribution in [3.63, 3.8) is 0 Å². The molecule has 5 rings (SSSR count). The van der Waals surface area contributed by atoms with E-state index in [2.05, 4.69) is 12.1 Å². The van der Waals surface area contributed by atoms with Gasteiger partial charge in [0.1, 0.15) is 17.3 Å². The number of para-hydroxylation sites is 1. The van der Waals surface area contributed by atoms with Crippen LogP contribution in [-0.2, 0) is 14.8 Å². The monoisotopic (exact) mass is 573 g/mol. The van der Waals surface area contributed by atoms with Gasteiger partial charge in [-0.15, -0.1) is 11.8 Å². The number of nitrogens with zero attached hydrogens (tertiary/aromatic N) is 3. The van der Waals surface area contributed by atoms with Crippen LogP contribution in [0.1, 0.15) is 43.2 Å². The van der Waals surface area contributed by atoms with Crippen LogP contribution in [0.15, 0.2) is 56.8 Å². The van der Waals surface area contributed by atoms with E-state index in [1.807, 2.05) is 29.2 Å². The third kappa shape index (κ3) is 5.66. The van der Waals surface area contributed by atoms with Crippen LogP contribution in [0.25, 0.3) is 12.2 Å². The summed E-state index contributed by atoms with van der Waals surface area (Å²) in [7, 11) is -3.99. The number of carbonyl (C=O) groups is 1. The summed E-state index contributed by atoms with van der Waals surface area (Å²) in [5.41, 5.74) is 1.18. The van der Waals surface area contributed by atoms with Crippen molar-refractivity contribution in [1.29, 1.82) is 0 Å². The summed E-state index contributed by atoms with van der Waals surface area (Å²) in [4.78, 5) is 16.4. The number of amides is 1. The molecule has 0 bridgehead atoms. The minimum Gasteiger partial charge on any atom is -0.355 e. The molecular weight excluding hydrogens is 544 g/mol. The molecule has 0 spiro atoms. The Balaban J connectivity index is 1.31. The van der Waals surface area contributed by atoms with Crippen molar-refractivity contribution in [2.24, 2.45) is 5.92 Å². The smallest absolute Gasteiger partial charge is 0.248 e. The predicted octanol–water partition coefficient (Wildman–Crippen LogP) is 5.75. The molecular formula is C28H29F2N3O4S2. The molecule has 0 saturated carbocycles. The fourth-order valence-electron chi connectivity index (χ4n) is 5.01. The van der Waals surface area contributed by atoms with Crippen LogP contribution in [-0.4, -0.2) is 48.7 Å². The Kier molecular flexibility index (Phi) is 7.93. The third-order valence-corrected chi connectivity index (χ3v) is 10.4. The molecule has 1 aromatic heterocycles. The van der Waals surface area contributed by atoms with E-state index >= 15 is 0 Å². The first kappa shape index (κ1) is 27.5. The first-order valence-corrected chi connectivity index (χ1v) is 15.1. The second kappa shape index (κ2) is 11.2. The van der Waals surface area contributed by atoms with Crippen molar-refractivity contribution in [1.82, 2.24) is 9.46 Å². The van der Waals surface area contributed by atoms with E-state index in [1.54, 1.807) is 11.8 Å². The molecule has 2 aromatic carbocycles. The van der Waals surface area contributed by atoms with E-state index in [0.29, 0.717) is 24.6 Å². The number of thioether (sulfide) groups is 1. The molecule has 1 atom stereocenters. The van der Waals surface area contributed by atoms with E-state index < -0.39 is 21.7 Å². The van der Waals surface area contributed by atoms with Gasteiger partial charge >= 0.3 is 0 Å². The zero-order chi connectivity index (χ0) is 27.7. The van der Waals surface area contributed by atoms with Gasteiger partial charge in [-0.1, -0.05) is 24.2 Å². The van der Waals surface area contributed by atoms with Crippen molar-refractivity contribution in [3.8, 4) is 0 Å². The van der Waals surface area contributed by atoms with Crippen LogP contribution < -0.4 is 4.90 Å². The topological polar surface area (TPSA) is 83.7 Å². The summed E-state index contributed by atoms with van der Waals surface area (Å²) in [5, 5.41) is 4.21. The van der Waals surface area contributed by atoms with E-state index in [0.717, 1.165) is 29.1 Å². The molecule has 3 heterocycles. The number of rotatable bonds is 5. The quantitative estimate of drug-likeness (QED) is 0.387. The van der Waals surface area contributed by atoms with Crippen molar-refractivity contribution < 1.29 is 26.5 Å². The van der Waals surface area contributed by atoms with Gasteiger partial charge in [0.15, 0.2) is 10.7 Å². The summed E-state index contributed by atoms with van der Waals surface area (Å²) in [5.74, 6) is -1.78. The van der Waals surface area contributed by atoms with Crippen molar-refractivity contribution >= 4 is 45.5 Å². The Bertz CT molecular complexity index is 1510. The molecule has 2 aliphatic heterocycles. The largest absolute Gasteiger partial charge is 0.355 e.